The van der Waals surface area contributed by atoms with E-state index < -0.39 is 15.9 Å². The van der Waals surface area contributed by atoms with E-state index >= 15 is 0 Å². The third-order valence-corrected chi connectivity index (χ3v) is 13.3. The minimum atomic E-state index is -0.465. The molecule has 0 bridgehead atoms. The van der Waals surface area contributed by atoms with Crippen LogP contribution in [0.3, 0.4) is 0 Å². The summed E-state index contributed by atoms with van der Waals surface area (Å²) in [5.74, 6) is 0. The number of nitro benzene ring substituents is 2. The number of hydrogen-bond acceptors (Lipinski definition) is 7. The number of nitrogens with two attached hydrogens (primary N) is 1. The number of urea groups is 1. The van der Waals surface area contributed by atoms with E-state index in [2.05, 4.69) is 63.9 Å². The third kappa shape index (κ3) is 12.1. The summed E-state index contributed by atoms with van der Waals surface area (Å²) in [4.78, 5) is 43.6. The van der Waals surface area contributed by atoms with E-state index in [-0.39, 0.29) is 28.5 Å². The van der Waals surface area contributed by atoms with Crippen molar-refractivity contribution in [3.05, 3.63) is 195 Å². The molecule has 6 aromatic carbocycles. The zero-order chi connectivity index (χ0) is 50.8. The van der Waals surface area contributed by atoms with E-state index in [9.17, 15) is 25.0 Å². The number of anilines is 4. The first-order chi connectivity index (χ1) is 33.5. The van der Waals surface area contributed by atoms with Gasteiger partial charge in [0.1, 0.15) is 0 Å². The summed E-state index contributed by atoms with van der Waals surface area (Å²) in [5.41, 5.74) is 15.1. The molecule has 6 N–H and O–H groups in total. The standard InChI is InChI=1S/C27H26Cl2N4O3.C16H15ClN2.C10H13ClN2O2/c1-4-21-23(29)15-25(33(35)36)22(5-2)26(21)31-27(34)32(16(3)17-6-8-19(28)9-7-17)20-10-11-24-18(14-20)12-13-30-24;1-11(12-2-4-14(17)5-3-12)19-15-6-7-16-13(10-15)8-9-18-16;1-3-6-8(11)5-9(13(14)15)7(4-2)10(6)12/h6-16,30H,4-5H2,1-3H3,(H,31,34);2-11,18-19H,1H3;5H,3-4,12H2,1-2H3/t16-;11-;/m00./s1. The number of benzene rings is 6. The van der Waals surface area contributed by atoms with E-state index in [4.69, 9.17) is 52.1 Å². The number of aromatic nitrogens is 2. The van der Waals surface area contributed by atoms with Crippen molar-refractivity contribution in [3.8, 4) is 0 Å². The van der Waals surface area contributed by atoms with Crippen LogP contribution < -0.4 is 21.3 Å². The molecule has 0 aliphatic heterocycles. The van der Waals surface area contributed by atoms with Crippen molar-refractivity contribution in [2.45, 2.75) is 79.3 Å². The highest BCUT2D eigenvalue weighted by molar-refractivity contribution is 6.33. The molecule has 0 aliphatic carbocycles. The molecule has 0 aliphatic rings. The van der Waals surface area contributed by atoms with Gasteiger partial charge in [-0.15, -0.1) is 0 Å². The first-order valence-corrected chi connectivity index (χ1v) is 24.3. The van der Waals surface area contributed by atoms with Gasteiger partial charge in [0, 0.05) is 79.5 Å². The van der Waals surface area contributed by atoms with Crippen LogP contribution in [0.15, 0.2) is 122 Å². The number of hydrogen-bond donors (Lipinski definition) is 5. The van der Waals surface area contributed by atoms with Crippen molar-refractivity contribution in [2.75, 3.05) is 21.3 Å². The molecule has 2 aromatic heterocycles. The van der Waals surface area contributed by atoms with E-state index in [1.807, 2.05) is 95.5 Å². The van der Waals surface area contributed by atoms with E-state index in [1.165, 1.54) is 23.1 Å². The molecule has 0 unspecified atom stereocenters. The van der Waals surface area contributed by atoms with Crippen LogP contribution in [0, 0.1) is 20.2 Å². The normalized spacial score (nSPS) is 11.7. The average molecular weight is 1020 g/mol. The van der Waals surface area contributed by atoms with Crippen LogP contribution in [0.1, 0.15) is 87.0 Å². The molecule has 0 fully saturated rings. The lowest BCUT2D eigenvalue weighted by Crippen LogP contribution is -2.37. The van der Waals surface area contributed by atoms with Gasteiger partial charge < -0.3 is 26.3 Å². The monoisotopic (exact) mass is 1020 g/mol. The van der Waals surface area contributed by atoms with Gasteiger partial charge in [-0.05, 0) is 135 Å². The predicted molar refractivity (Wildman–Crippen MR) is 290 cm³/mol. The van der Waals surface area contributed by atoms with Gasteiger partial charge >= 0.3 is 6.03 Å². The number of rotatable bonds is 13. The fourth-order valence-corrected chi connectivity index (χ4v) is 9.29. The minimum Gasteiger partial charge on any atom is -0.398 e. The number of nitro groups is 2. The Kier molecular flexibility index (Phi) is 17.8. The molecule has 2 atom stereocenters. The Hall–Kier alpha value is -6.77. The molecule has 17 heteroatoms. The molecule has 364 valence electrons. The van der Waals surface area contributed by atoms with Gasteiger partial charge in [-0.3, -0.25) is 25.1 Å². The highest BCUT2D eigenvalue weighted by Crippen LogP contribution is 2.39. The third-order valence-electron chi connectivity index (χ3n) is 12.1. The quantitative estimate of drug-likeness (QED) is 0.0431. The molecule has 0 spiro atoms. The number of amides is 2. The molecule has 2 amide bonds. The highest BCUT2D eigenvalue weighted by atomic mass is 35.5. The van der Waals surface area contributed by atoms with Gasteiger partial charge in [0.2, 0.25) is 0 Å². The fourth-order valence-electron chi connectivity index (χ4n) is 8.37. The number of nitrogen functional groups attached to an aromatic ring is 1. The van der Waals surface area contributed by atoms with Crippen molar-refractivity contribution in [1.29, 1.82) is 0 Å². The molecule has 0 saturated carbocycles. The smallest absolute Gasteiger partial charge is 0.326 e. The molecule has 13 nitrogen and oxygen atoms in total. The zero-order valence-corrected chi connectivity index (χ0v) is 42.5. The second-order valence-corrected chi connectivity index (χ2v) is 18.0. The number of aromatic amines is 2. The summed E-state index contributed by atoms with van der Waals surface area (Å²) in [6.07, 6.45) is 5.87. The Morgan fingerprint density at radius 2 is 1.11 bits per heavy atom. The van der Waals surface area contributed by atoms with Crippen LogP contribution >= 0.6 is 46.4 Å². The Balaban J connectivity index is 0.000000196. The van der Waals surface area contributed by atoms with Gasteiger partial charge in [0.15, 0.2) is 0 Å². The SMILES string of the molecule is CCc1c(Cl)cc([N+](=O)[O-])c(CC)c1N.CCc1c(Cl)cc([N+](=O)[O-])c(CC)c1NC(=O)N(c1ccc2[nH]ccc2c1)[C@@H](C)c1ccc(Cl)cc1.C[C@H](Nc1ccc2[nH]ccc2c1)c1ccc(Cl)cc1. The lowest BCUT2D eigenvalue weighted by molar-refractivity contribution is -0.385. The number of carbonyl (C=O) groups excluding carboxylic acids is 1. The van der Waals surface area contributed by atoms with Crippen molar-refractivity contribution < 1.29 is 14.6 Å². The zero-order valence-electron chi connectivity index (χ0n) is 39.5. The number of nitrogens with zero attached hydrogens (tertiary/aromatic N) is 3. The molecule has 8 rings (SSSR count). The van der Waals surface area contributed by atoms with Gasteiger partial charge in [0.25, 0.3) is 11.4 Å². The van der Waals surface area contributed by atoms with Crippen LogP contribution in [0.5, 0.6) is 0 Å². The number of fused-ring (bicyclic) bond motifs is 2. The second kappa shape index (κ2) is 23.7. The molecular formula is C53H54Cl4N8O5. The number of halogens is 4. The van der Waals surface area contributed by atoms with Crippen molar-refractivity contribution in [3.63, 3.8) is 0 Å². The molecule has 70 heavy (non-hydrogen) atoms. The Bertz CT molecular complexity index is 3140. The van der Waals surface area contributed by atoms with Crippen molar-refractivity contribution in [1.82, 2.24) is 9.97 Å². The van der Waals surface area contributed by atoms with Crippen LogP contribution in [0.2, 0.25) is 20.1 Å². The van der Waals surface area contributed by atoms with Crippen molar-refractivity contribution >= 4 is 108 Å². The van der Waals surface area contributed by atoms with Crippen LogP contribution in [-0.4, -0.2) is 25.8 Å². The Morgan fingerprint density at radius 3 is 1.64 bits per heavy atom. The van der Waals surface area contributed by atoms with E-state index in [1.54, 1.807) is 17.0 Å². The fraction of sp³-hybridized carbons (Fsp3) is 0.226. The maximum absolute atomic E-state index is 14.0. The van der Waals surface area contributed by atoms with Crippen LogP contribution in [-0.2, 0) is 25.7 Å². The minimum absolute atomic E-state index is 0.0113. The number of carbonyl (C=O) groups is 1. The van der Waals surface area contributed by atoms with E-state index in [0.717, 1.165) is 38.3 Å². The lowest BCUT2D eigenvalue weighted by atomic mass is 10.0. The van der Waals surface area contributed by atoms with Gasteiger partial charge in [0.05, 0.1) is 42.7 Å². The lowest BCUT2D eigenvalue weighted by Gasteiger charge is -2.31. The molecule has 0 saturated heterocycles. The Morgan fingerprint density at radius 1 is 0.629 bits per heavy atom. The van der Waals surface area contributed by atoms with Crippen LogP contribution in [0.25, 0.3) is 21.8 Å². The summed E-state index contributed by atoms with van der Waals surface area (Å²) in [5, 5.41) is 33.2. The van der Waals surface area contributed by atoms with Crippen LogP contribution in [0.4, 0.5) is 38.9 Å². The first kappa shape index (κ1) is 52.6. The summed E-state index contributed by atoms with van der Waals surface area (Å²) in [7, 11) is 0. The Labute approximate surface area is 426 Å². The summed E-state index contributed by atoms with van der Waals surface area (Å²) in [6.45, 7) is 11.5. The maximum atomic E-state index is 14.0. The second-order valence-electron chi connectivity index (χ2n) is 16.4. The highest BCUT2D eigenvalue weighted by Gasteiger charge is 2.29. The molecule has 8 aromatic rings. The molecule has 0 radical (unpaired) electrons. The van der Waals surface area contributed by atoms with Gasteiger partial charge in [-0.2, -0.15) is 0 Å². The van der Waals surface area contributed by atoms with Crippen molar-refractivity contribution in [2.24, 2.45) is 0 Å². The number of nitrogens with one attached hydrogen (secondary N) is 4. The molecular weight excluding hydrogens is 970 g/mol. The number of H-pyrrole nitrogens is 2. The largest absolute Gasteiger partial charge is 0.398 e. The topological polar surface area (TPSA) is 188 Å². The first-order valence-electron chi connectivity index (χ1n) is 22.7. The summed E-state index contributed by atoms with van der Waals surface area (Å²) < 4.78 is 0. The molecule has 2 heterocycles. The predicted octanol–water partition coefficient (Wildman–Crippen LogP) is 16.3. The average Bonchev–Trinajstić information content (AvgIpc) is 4.02. The summed E-state index contributed by atoms with van der Waals surface area (Å²) >= 11 is 24.4. The van der Waals surface area contributed by atoms with E-state index in [0.29, 0.717) is 69.5 Å². The van der Waals surface area contributed by atoms with Gasteiger partial charge in [-0.1, -0.05) is 98.4 Å². The van der Waals surface area contributed by atoms with Gasteiger partial charge in [-0.25, -0.2) is 4.79 Å². The maximum Gasteiger partial charge on any atom is 0.326 e. The summed E-state index contributed by atoms with van der Waals surface area (Å²) in [6, 6.07) is 33.5.